The number of ether oxygens (including phenoxy) is 2. The van der Waals surface area contributed by atoms with Gasteiger partial charge < -0.3 is 19.7 Å². The van der Waals surface area contributed by atoms with Crippen LogP contribution in [-0.2, 0) is 11.2 Å². The van der Waals surface area contributed by atoms with Crippen molar-refractivity contribution in [3.8, 4) is 11.5 Å². The highest BCUT2D eigenvalue weighted by Gasteiger charge is 2.40. The van der Waals surface area contributed by atoms with Crippen LogP contribution in [-0.4, -0.2) is 48.6 Å². The zero-order valence-electron chi connectivity index (χ0n) is 18.3. The fraction of sp³-hybridized carbons (Fsp3) is 0.440. The Kier molecular flexibility index (Phi) is 6.16. The van der Waals surface area contributed by atoms with E-state index in [1.807, 2.05) is 61.2 Å². The van der Waals surface area contributed by atoms with E-state index in [-0.39, 0.29) is 11.8 Å². The fourth-order valence-electron chi connectivity index (χ4n) is 4.29. The maximum atomic E-state index is 12.8. The molecule has 2 heterocycles. The SMILES string of the molecule is CCOc1ccc(CCC(=O)N2CCC3(CC2)CNC(=O)c2cc(C)ccc2O3)cc1. The zero-order chi connectivity index (χ0) is 21.8. The van der Waals surface area contributed by atoms with Crippen LogP contribution in [0, 0.1) is 6.92 Å². The summed E-state index contributed by atoms with van der Waals surface area (Å²) in [5.41, 5.74) is 2.29. The van der Waals surface area contributed by atoms with Crippen LogP contribution in [0.25, 0.3) is 0 Å². The minimum Gasteiger partial charge on any atom is -0.494 e. The molecule has 1 spiro atoms. The molecular formula is C25H30N2O4. The van der Waals surface area contributed by atoms with Gasteiger partial charge >= 0.3 is 0 Å². The van der Waals surface area contributed by atoms with Crippen molar-refractivity contribution in [2.75, 3.05) is 26.2 Å². The van der Waals surface area contributed by atoms with Gasteiger partial charge in [-0.3, -0.25) is 9.59 Å². The third-order valence-corrected chi connectivity index (χ3v) is 6.17. The molecule has 2 aliphatic rings. The molecule has 1 saturated heterocycles. The summed E-state index contributed by atoms with van der Waals surface area (Å²) in [5, 5.41) is 3.02. The number of fused-ring (bicyclic) bond motifs is 1. The number of hydrogen-bond donors (Lipinski definition) is 1. The third kappa shape index (κ3) is 4.84. The molecule has 2 aliphatic heterocycles. The minimum atomic E-state index is -0.456. The Morgan fingerprint density at radius 3 is 2.61 bits per heavy atom. The standard InChI is InChI=1S/C25H30N2O4/c1-3-30-20-8-5-19(6-9-20)7-11-23(28)27-14-12-25(13-15-27)17-26-24(29)21-16-18(2)4-10-22(21)31-25/h4-6,8-10,16H,3,7,11-15,17H2,1-2H3,(H,26,29). The van der Waals surface area contributed by atoms with Crippen molar-refractivity contribution in [3.05, 3.63) is 59.2 Å². The van der Waals surface area contributed by atoms with Gasteiger partial charge in [-0.1, -0.05) is 23.8 Å². The molecule has 164 valence electrons. The number of carbonyl (C=O) groups excluding carboxylic acids is 2. The minimum absolute atomic E-state index is 0.0931. The molecule has 2 aromatic carbocycles. The number of benzene rings is 2. The van der Waals surface area contributed by atoms with Crippen molar-refractivity contribution in [1.29, 1.82) is 0 Å². The molecule has 0 saturated carbocycles. The van der Waals surface area contributed by atoms with Gasteiger partial charge in [0.2, 0.25) is 5.91 Å². The van der Waals surface area contributed by atoms with E-state index >= 15 is 0 Å². The van der Waals surface area contributed by atoms with Gasteiger partial charge in [-0.15, -0.1) is 0 Å². The van der Waals surface area contributed by atoms with Gasteiger partial charge in [0.05, 0.1) is 18.7 Å². The molecule has 2 amide bonds. The highest BCUT2D eigenvalue weighted by molar-refractivity contribution is 5.97. The second kappa shape index (κ2) is 9.00. The molecule has 1 N–H and O–H groups in total. The summed E-state index contributed by atoms with van der Waals surface area (Å²) < 4.78 is 11.8. The van der Waals surface area contributed by atoms with Crippen LogP contribution in [0.1, 0.15) is 47.7 Å². The first-order valence-electron chi connectivity index (χ1n) is 11.1. The number of amides is 2. The maximum absolute atomic E-state index is 12.8. The lowest BCUT2D eigenvalue weighted by Gasteiger charge is -2.41. The van der Waals surface area contributed by atoms with Crippen LogP contribution in [0.5, 0.6) is 11.5 Å². The van der Waals surface area contributed by atoms with Gasteiger partial charge in [-0.2, -0.15) is 0 Å². The van der Waals surface area contributed by atoms with Gasteiger partial charge in [0, 0.05) is 32.4 Å². The van der Waals surface area contributed by atoms with E-state index in [4.69, 9.17) is 9.47 Å². The summed E-state index contributed by atoms with van der Waals surface area (Å²) in [6.45, 7) is 6.31. The van der Waals surface area contributed by atoms with Gasteiger partial charge in [0.25, 0.3) is 5.91 Å². The molecule has 6 nitrogen and oxygen atoms in total. The maximum Gasteiger partial charge on any atom is 0.255 e. The van der Waals surface area contributed by atoms with E-state index in [1.54, 1.807) is 0 Å². The first-order valence-corrected chi connectivity index (χ1v) is 11.1. The predicted octanol–water partition coefficient (Wildman–Crippen LogP) is 3.51. The van der Waals surface area contributed by atoms with E-state index in [2.05, 4.69) is 5.32 Å². The van der Waals surface area contributed by atoms with Crippen LogP contribution in [0.4, 0.5) is 0 Å². The molecule has 0 aromatic heterocycles. The average molecular weight is 423 g/mol. The fourth-order valence-corrected chi connectivity index (χ4v) is 4.29. The van der Waals surface area contributed by atoms with Gasteiger partial charge in [-0.05, 0) is 50.1 Å². The Balaban J connectivity index is 1.33. The number of hydrogen-bond acceptors (Lipinski definition) is 4. The number of rotatable bonds is 5. The van der Waals surface area contributed by atoms with Gasteiger partial charge in [-0.25, -0.2) is 0 Å². The number of piperidine rings is 1. The summed E-state index contributed by atoms with van der Waals surface area (Å²) in [7, 11) is 0. The molecule has 0 radical (unpaired) electrons. The molecule has 31 heavy (non-hydrogen) atoms. The Labute approximate surface area is 183 Å². The lowest BCUT2D eigenvalue weighted by Crippen LogP contribution is -2.54. The summed E-state index contributed by atoms with van der Waals surface area (Å²) in [5.74, 6) is 1.56. The Morgan fingerprint density at radius 2 is 1.90 bits per heavy atom. The number of carbonyl (C=O) groups is 2. The summed E-state index contributed by atoms with van der Waals surface area (Å²) in [6.07, 6.45) is 2.61. The Bertz CT molecular complexity index is 946. The number of nitrogens with zero attached hydrogens (tertiary/aromatic N) is 1. The Morgan fingerprint density at radius 1 is 1.16 bits per heavy atom. The molecule has 0 aliphatic carbocycles. The van der Waals surface area contributed by atoms with Crippen molar-refractivity contribution in [2.45, 2.75) is 45.1 Å². The molecule has 1 fully saturated rings. The number of aryl methyl sites for hydroxylation is 2. The van der Waals surface area contributed by atoms with Crippen LogP contribution in [0.3, 0.4) is 0 Å². The van der Waals surface area contributed by atoms with Gasteiger partial charge in [0.1, 0.15) is 17.1 Å². The predicted molar refractivity (Wildman–Crippen MR) is 119 cm³/mol. The lowest BCUT2D eigenvalue weighted by atomic mass is 9.90. The molecular weight excluding hydrogens is 392 g/mol. The quantitative estimate of drug-likeness (QED) is 0.801. The van der Waals surface area contributed by atoms with Crippen molar-refractivity contribution >= 4 is 11.8 Å². The van der Waals surface area contributed by atoms with Crippen LogP contribution in [0.2, 0.25) is 0 Å². The normalized spacial score (nSPS) is 17.4. The third-order valence-electron chi connectivity index (χ3n) is 6.17. The average Bonchev–Trinajstić information content (AvgIpc) is 2.91. The number of likely N-dealkylation sites (tertiary alicyclic amines) is 1. The first kappa shape index (κ1) is 21.2. The highest BCUT2D eigenvalue weighted by atomic mass is 16.5. The highest BCUT2D eigenvalue weighted by Crippen LogP contribution is 2.33. The topological polar surface area (TPSA) is 67.9 Å². The van der Waals surface area contributed by atoms with Crippen LogP contribution < -0.4 is 14.8 Å². The largest absolute Gasteiger partial charge is 0.494 e. The molecule has 4 rings (SSSR count). The number of nitrogens with one attached hydrogen (secondary N) is 1. The first-order chi connectivity index (χ1) is 15.0. The van der Waals surface area contributed by atoms with Crippen molar-refractivity contribution in [3.63, 3.8) is 0 Å². The van der Waals surface area contributed by atoms with Crippen molar-refractivity contribution < 1.29 is 19.1 Å². The lowest BCUT2D eigenvalue weighted by molar-refractivity contribution is -0.134. The second-order valence-corrected chi connectivity index (χ2v) is 8.43. The summed E-state index contributed by atoms with van der Waals surface area (Å²) in [6, 6.07) is 13.6. The second-order valence-electron chi connectivity index (χ2n) is 8.43. The van der Waals surface area contributed by atoms with E-state index in [0.717, 1.165) is 16.9 Å². The van der Waals surface area contributed by atoms with Crippen molar-refractivity contribution in [2.24, 2.45) is 0 Å². The molecule has 2 aromatic rings. The smallest absolute Gasteiger partial charge is 0.255 e. The molecule has 0 bridgehead atoms. The summed E-state index contributed by atoms with van der Waals surface area (Å²) >= 11 is 0. The monoisotopic (exact) mass is 422 g/mol. The summed E-state index contributed by atoms with van der Waals surface area (Å²) in [4.78, 5) is 27.2. The Hall–Kier alpha value is -3.02. The van der Waals surface area contributed by atoms with Crippen LogP contribution >= 0.6 is 0 Å². The van der Waals surface area contributed by atoms with Crippen LogP contribution in [0.15, 0.2) is 42.5 Å². The zero-order valence-corrected chi connectivity index (χ0v) is 18.3. The molecule has 0 unspecified atom stereocenters. The molecule has 0 atom stereocenters. The van der Waals surface area contributed by atoms with E-state index < -0.39 is 5.60 Å². The van der Waals surface area contributed by atoms with Crippen molar-refractivity contribution in [1.82, 2.24) is 10.2 Å². The van der Waals surface area contributed by atoms with E-state index in [1.165, 1.54) is 0 Å². The van der Waals surface area contributed by atoms with Gasteiger partial charge in [0.15, 0.2) is 0 Å². The van der Waals surface area contributed by atoms with E-state index in [0.29, 0.717) is 63.2 Å². The molecule has 6 heteroatoms. The van der Waals surface area contributed by atoms with E-state index in [9.17, 15) is 9.59 Å².